The molecule has 1 aromatic carbocycles. The average molecular weight is 448 g/mol. The van der Waals surface area contributed by atoms with E-state index in [9.17, 15) is 0 Å². The average Bonchev–Trinajstić information content (AvgIpc) is 3.29. The van der Waals surface area contributed by atoms with Gasteiger partial charge in [0.15, 0.2) is 5.11 Å². The lowest BCUT2D eigenvalue weighted by atomic mass is 9.97. The molecular weight excluding hydrogens is 418 g/mol. The van der Waals surface area contributed by atoms with Crippen LogP contribution in [0.4, 0.5) is 5.69 Å². The number of nitrogens with zero attached hydrogens (tertiary/aromatic N) is 4. The fraction of sp³-hybridized carbons (Fsp3) is 0.360. The van der Waals surface area contributed by atoms with Gasteiger partial charge in [-0.1, -0.05) is 6.07 Å². The molecule has 166 valence electrons. The van der Waals surface area contributed by atoms with Gasteiger partial charge in [0.05, 0.1) is 31.0 Å². The Bertz CT molecular complexity index is 1110. The van der Waals surface area contributed by atoms with E-state index in [1.165, 1.54) is 28.3 Å². The van der Waals surface area contributed by atoms with Gasteiger partial charge in [0, 0.05) is 49.1 Å². The molecular formula is C25H29N5OS. The van der Waals surface area contributed by atoms with Gasteiger partial charge < -0.3 is 24.4 Å². The summed E-state index contributed by atoms with van der Waals surface area (Å²) in [6.07, 6.45) is 1.84. The standard InChI is InChI=1S/C25H29N5OS/c1-17-16-21(24-23(27-25(32)28(24)3)22-6-4-5-11-26-22)18(2)30(17)20-9-7-19(8-10-20)29-12-14-31-15-13-29/h4-11,16,23-24H,12-15H2,1-3H3,(H,27,32)/t23-,24+/m0/s1. The van der Waals surface area contributed by atoms with Crippen LogP contribution in [-0.2, 0) is 4.74 Å². The molecule has 1 N–H and O–H groups in total. The number of nitrogens with one attached hydrogen (secondary N) is 1. The number of likely N-dealkylation sites (N-methyl/N-ethyl adjacent to an activating group) is 1. The van der Waals surface area contributed by atoms with Crippen LogP contribution in [0.1, 0.15) is 34.7 Å². The number of rotatable bonds is 4. The van der Waals surface area contributed by atoms with Crippen molar-refractivity contribution in [1.29, 1.82) is 0 Å². The molecule has 4 heterocycles. The van der Waals surface area contributed by atoms with Gasteiger partial charge in [0.1, 0.15) is 0 Å². The molecule has 0 spiro atoms. The third-order valence-corrected chi connectivity index (χ3v) is 7.02. The highest BCUT2D eigenvalue weighted by Gasteiger charge is 2.39. The number of morpholine rings is 1. The van der Waals surface area contributed by atoms with Crippen molar-refractivity contribution in [2.24, 2.45) is 0 Å². The second-order valence-corrected chi connectivity index (χ2v) is 8.90. The molecule has 0 saturated carbocycles. The molecule has 0 radical (unpaired) electrons. The molecule has 3 aromatic rings. The molecule has 0 bridgehead atoms. The molecule has 2 aromatic heterocycles. The number of aromatic nitrogens is 2. The summed E-state index contributed by atoms with van der Waals surface area (Å²) in [6.45, 7) is 7.85. The second-order valence-electron chi connectivity index (χ2n) is 8.52. The minimum atomic E-state index is 0.0198. The van der Waals surface area contributed by atoms with Gasteiger partial charge in [0.25, 0.3) is 0 Å². The minimum Gasteiger partial charge on any atom is -0.378 e. The first kappa shape index (κ1) is 21.0. The molecule has 7 heteroatoms. The Morgan fingerprint density at radius 2 is 1.75 bits per heavy atom. The maximum atomic E-state index is 5.62. The predicted octanol–water partition coefficient (Wildman–Crippen LogP) is 3.93. The molecule has 0 unspecified atom stereocenters. The topological polar surface area (TPSA) is 45.6 Å². The third-order valence-electron chi connectivity index (χ3n) is 6.61. The Hall–Kier alpha value is -2.90. The summed E-state index contributed by atoms with van der Waals surface area (Å²) < 4.78 is 7.82. The van der Waals surface area contributed by atoms with E-state index < -0.39 is 0 Å². The van der Waals surface area contributed by atoms with Crippen LogP contribution >= 0.6 is 12.2 Å². The van der Waals surface area contributed by atoms with Crippen molar-refractivity contribution >= 4 is 23.0 Å². The largest absolute Gasteiger partial charge is 0.378 e. The number of aryl methyl sites for hydroxylation is 1. The van der Waals surface area contributed by atoms with Crippen LogP contribution < -0.4 is 10.2 Å². The highest BCUT2D eigenvalue weighted by atomic mass is 32.1. The van der Waals surface area contributed by atoms with Gasteiger partial charge in [-0.3, -0.25) is 4.98 Å². The summed E-state index contributed by atoms with van der Waals surface area (Å²) in [7, 11) is 2.06. The van der Waals surface area contributed by atoms with Crippen LogP contribution in [0, 0.1) is 13.8 Å². The van der Waals surface area contributed by atoms with Crippen molar-refractivity contribution in [3.63, 3.8) is 0 Å². The third kappa shape index (κ3) is 3.65. The Kier molecular flexibility index (Phi) is 5.61. The molecule has 32 heavy (non-hydrogen) atoms. The normalized spacial score (nSPS) is 21.2. The molecule has 2 aliphatic rings. The van der Waals surface area contributed by atoms with E-state index in [0.717, 1.165) is 37.1 Å². The summed E-state index contributed by atoms with van der Waals surface area (Å²) in [5.41, 5.74) is 7.14. The first-order valence-corrected chi connectivity index (χ1v) is 11.5. The van der Waals surface area contributed by atoms with Crippen LogP contribution in [0.2, 0.25) is 0 Å². The van der Waals surface area contributed by atoms with Crippen molar-refractivity contribution in [2.75, 3.05) is 38.3 Å². The molecule has 2 atom stereocenters. The molecule has 5 rings (SSSR count). The Balaban J connectivity index is 1.49. The van der Waals surface area contributed by atoms with Crippen LogP contribution in [0.5, 0.6) is 0 Å². The van der Waals surface area contributed by atoms with Crippen molar-refractivity contribution in [2.45, 2.75) is 25.9 Å². The number of hydrogen-bond donors (Lipinski definition) is 1. The van der Waals surface area contributed by atoms with Gasteiger partial charge >= 0.3 is 0 Å². The SMILES string of the molecule is Cc1cc([C@@H]2[C@H](c3ccccn3)NC(=S)N2C)c(C)n1-c1ccc(N2CCOCC2)cc1. The zero-order valence-electron chi connectivity index (χ0n) is 18.8. The number of pyridine rings is 1. The summed E-state index contributed by atoms with van der Waals surface area (Å²) in [5, 5.41) is 4.23. The van der Waals surface area contributed by atoms with Gasteiger partial charge in [-0.15, -0.1) is 0 Å². The van der Waals surface area contributed by atoms with Crippen LogP contribution in [0.15, 0.2) is 54.7 Å². The molecule has 0 amide bonds. The van der Waals surface area contributed by atoms with E-state index in [1.54, 1.807) is 0 Å². The van der Waals surface area contributed by atoms with Gasteiger partial charge in [-0.2, -0.15) is 0 Å². The second kappa shape index (κ2) is 8.56. The fourth-order valence-electron chi connectivity index (χ4n) is 4.97. The Morgan fingerprint density at radius 3 is 2.44 bits per heavy atom. The summed E-state index contributed by atoms with van der Waals surface area (Å²) in [6, 6.07) is 17.3. The highest BCUT2D eigenvalue weighted by molar-refractivity contribution is 7.80. The number of hydrogen-bond acceptors (Lipinski definition) is 4. The van der Waals surface area contributed by atoms with E-state index in [4.69, 9.17) is 17.0 Å². The van der Waals surface area contributed by atoms with E-state index in [2.05, 4.69) is 82.0 Å². The van der Waals surface area contributed by atoms with Crippen molar-refractivity contribution in [3.05, 3.63) is 77.4 Å². The van der Waals surface area contributed by atoms with Crippen molar-refractivity contribution in [3.8, 4) is 5.69 Å². The molecule has 2 saturated heterocycles. The lowest BCUT2D eigenvalue weighted by molar-refractivity contribution is 0.122. The molecule has 6 nitrogen and oxygen atoms in total. The monoisotopic (exact) mass is 447 g/mol. The molecule has 2 fully saturated rings. The number of ether oxygens (including phenoxy) is 1. The number of anilines is 1. The summed E-state index contributed by atoms with van der Waals surface area (Å²) in [4.78, 5) is 9.14. The molecule has 2 aliphatic heterocycles. The van der Waals surface area contributed by atoms with E-state index in [1.807, 2.05) is 18.3 Å². The number of benzene rings is 1. The maximum Gasteiger partial charge on any atom is 0.169 e. The van der Waals surface area contributed by atoms with E-state index >= 15 is 0 Å². The van der Waals surface area contributed by atoms with E-state index in [-0.39, 0.29) is 12.1 Å². The summed E-state index contributed by atoms with van der Waals surface area (Å²) >= 11 is 5.62. The smallest absolute Gasteiger partial charge is 0.169 e. The highest BCUT2D eigenvalue weighted by Crippen LogP contribution is 2.40. The number of thiocarbonyl (C=S) groups is 1. The minimum absolute atomic E-state index is 0.0198. The molecule has 0 aliphatic carbocycles. The van der Waals surface area contributed by atoms with Crippen LogP contribution in [0.3, 0.4) is 0 Å². The zero-order valence-corrected chi connectivity index (χ0v) is 19.6. The quantitative estimate of drug-likeness (QED) is 0.612. The van der Waals surface area contributed by atoms with Crippen molar-refractivity contribution in [1.82, 2.24) is 19.8 Å². The van der Waals surface area contributed by atoms with Crippen LogP contribution in [0.25, 0.3) is 5.69 Å². The van der Waals surface area contributed by atoms with E-state index in [0.29, 0.717) is 0 Å². The maximum absolute atomic E-state index is 5.62. The Labute approximate surface area is 194 Å². The predicted molar refractivity (Wildman–Crippen MR) is 131 cm³/mol. The van der Waals surface area contributed by atoms with Gasteiger partial charge in [-0.05, 0) is 74.1 Å². The zero-order chi connectivity index (χ0) is 22.2. The fourth-order valence-corrected chi connectivity index (χ4v) is 5.21. The lowest BCUT2D eigenvalue weighted by Crippen LogP contribution is -2.36. The van der Waals surface area contributed by atoms with Gasteiger partial charge in [0.2, 0.25) is 0 Å². The first-order valence-electron chi connectivity index (χ1n) is 11.1. The van der Waals surface area contributed by atoms with Gasteiger partial charge in [-0.25, -0.2) is 0 Å². The van der Waals surface area contributed by atoms with Crippen LogP contribution in [-0.4, -0.2) is 52.9 Å². The first-order chi connectivity index (χ1) is 15.5. The lowest BCUT2D eigenvalue weighted by Gasteiger charge is -2.29. The van der Waals surface area contributed by atoms with Crippen molar-refractivity contribution < 1.29 is 4.74 Å². The Morgan fingerprint density at radius 1 is 1.03 bits per heavy atom. The summed E-state index contributed by atoms with van der Waals surface area (Å²) in [5.74, 6) is 0.